The molecule has 2 aromatic rings. The van der Waals surface area contributed by atoms with Crippen molar-refractivity contribution in [1.82, 2.24) is 5.01 Å². The second kappa shape index (κ2) is 6.55. The van der Waals surface area contributed by atoms with E-state index in [0.717, 1.165) is 11.1 Å². The van der Waals surface area contributed by atoms with Crippen LogP contribution in [-0.2, 0) is 13.1 Å². The molecule has 0 atom stereocenters. The molecule has 2 aromatic carbocycles. The summed E-state index contributed by atoms with van der Waals surface area (Å²) in [6.45, 7) is 0.827. The van der Waals surface area contributed by atoms with Crippen LogP contribution in [0.5, 0.6) is 0 Å². The van der Waals surface area contributed by atoms with Crippen molar-refractivity contribution in [3.63, 3.8) is 0 Å². The topological polar surface area (TPSA) is 32.7 Å². The molecule has 19 heavy (non-hydrogen) atoms. The third-order valence-corrected chi connectivity index (χ3v) is 3.09. The molecule has 0 aliphatic carbocycles. The Bertz CT molecular complexity index is 527. The lowest BCUT2D eigenvalue weighted by atomic mass is 10.2. The Balaban J connectivity index is 2.06. The summed E-state index contributed by atoms with van der Waals surface area (Å²) in [5, 5.41) is 5.75. The molecule has 0 saturated carbocycles. The molecule has 2 rings (SSSR count). The van der Waals surface area contributed by atoms with E-state index in [0.29, 0.717) is 23.1 Å². The van der Waals surface area contributed by atoms with Crippen LogP contribution in [0, 0.1) is 4.91 Å². The Labute approximate surface area is 121 Å². The molecule has 0 saturated heterocycles. The first-order valence-electron chi connectivity index (χ1n) is 5.74. The number of nitrogens with zero attached hydrogens (tertiary/aromatic N) is 2. The van der Waals surface area contributed by atoms with Crippen LogP contribution in [0.15, 0.2) is 53.8 Å². The zero-order valence-corrected chi connectivity index (χ0v) is 11.6. The third-order valence-electron chi connectivity index (χ3n) is 2.62. The molecule has 0 N–H and O–H groups in total. The third kappa shape index (κ3) is 4.23. The summed E-state index contributed by atoms with van der Waals surface area (Å²) in [6.07, 6.45) is 0. The molecule has 98 valence electrons. The van der Waals surface area contributed by atoms with Crippen molar-refractivity contribution in [2.24, 2.45) is 5.29 Å². The van der Waals surface area contributed by atoms with Crippen molar-refractivity contribution in [3.8, 4) is 0 Å². The van der Waals surface area contributed by atoms with Gasteiger partial charge in [0.05, 0.1) is 18.4 Å². The fourth-order valence-electron chi connectivity index (χ4n) is 1.81. The van der Waals surface area contributed by atoms with Gasteiger partial charge in [0.15, 0.2) is 0 Å². The van der Waals surface area contributed by atoms with Crippen LogP contribution in [0.25, 0.3) is 0 Å². The molecule has 0 fully saturated rings. The zero-order valence-electron chi connectivity index (χ0n) is 10.1. The van der Waals surface area contributed by atoms with Gasteiger partial charge in [-0.2, -0.15) is 0 Å². The fraction of sp³-hybridized carbons (Fsp3) is 0.143. The van der Waals surface area contributed by atoms with Gasteiger partial charge >= 0.3 is 0 Å². The van der Waals surface area contributed by atoms with E-state index in [-0.39, 0.29) is 0 Å². The van der Waals surface area contributed by atoms with Crippen molar-refractivity contribution < 1.29 is 0 Å². The molecule has 0 amide bonds. The van der Waals surface area contributed by atoms with Gasteiger partial charge in [0.2, 0.25) is 0 Å². The van der Waals surface area contributed by atoms with Crippen molar-refractivity contribution in [2.45, 2.75) is 13.1 Å². The lowest BCUT2D eigenvalue weighted by molar-refractivity contribution is 0.266. The Morgan fingerprint density at radius 3 is 1.74 bits per heavy atom. The predicted octanol–water partition coefficient (Wildman–Crippen LogP) is 4.68. The molecule has 0 bridgehead atoms. The summed E-state index contributed by atoms with van der Waals surface area (Å²) in [5.41, 5.74) is 1.88. The van der Waals surface area contributed by atoms with Gasteiger partial charge in [-0.15, -0.1) is 4.91 Å². The van der Waals surface area contributed by atoms with Crippen molar-refractivity contribution in [1.29, 1.82) is 0 Å². The van der Waals surface area contributed by atoms with Crippen LogP contribution in [0.3, 0.4) is 0 Å². The summed E-state index contributed by atoms with van der Waals surface area (Å²) in [5.74, 6) is 0. The number of rotatable bonds is 5. The van der Waals surface area contributed by atoms with Crippen molar-refractivity contribution in [2.75, 3.05) is 0 Å². The minimum atomic E-state index is 0.413. The molecule has 5 heteroatoms. The Morgan fingerprint density at radius 2 is 1.37 bits per heavy atom. The van der Waals surface area contributed by atoms with Gasteiger partial charge in [0, 0.05) is 10.0 Å². The first kappa shape index (κ1) is 13.8. The van der Waals surface area contributed by atoms with E-state index in [1.54, 1.807) is 12.1 Å². The van der Waals surface area contributed by atoms with Crippen LogP contribution in [-0.4, -0.2) is 5.01 Å². The maximum atomic E-state index is 10.9. The maximum Gasteiger partial charge on any atom is 0.0647 e. The van der Waals surface area contributed by atoms with E-state index < -0.39 is 0 Å². The molecule has 0 aliphatic heterocycles. The van der Waals surface area contributed by atoms with E-state index in [2.05, 4.69) is 5.29 Å². The molecule has 0 spiro atoms. The average molecular weight is 295 g/mol. The summed E-state index contributed by atoms with van der Waals surface area (Å²) < 4.78 is 0. The molecular formula is C14H12Cl2N2O. The van der Waals surface area contributed by atoms with Gasteiger partial charge in [-0.3, -0.25) is 5.01 Å². The van der Waals surface area contributed by atoms with Gasteiger partial charge in [0.25, 0.3) is 0 Å². The standard InChI is InChI=1S/C14H12Cl2N2O/c15-13-5-1-3-11(7-13)9-18(17-19)10-12-4-2-6-14(16)8-12/h1-8H,9-10H2. The lowest BCUT2D eigenvalue weighted by Crippen LogP contribution is -2.15. The van der Waals surface area contributed by atoms with E-state index >= 15 is 0 Å². The Morgan fingerprint density at radius 1 is 0.895 bits per heavy atom. The summed E-state index contributed by atoms with van der Waals surface area (Å²) in [6, 6.07) is 14.7. The first-order chi connectivity index (χ1) is 9.17. The number of halogens is 2. The first-order valence-corrected chi connectivity index (χ1v) is 6.50. The minimum Gasteiger partial charge on any atom is -0.252 e. The minimum absolute atomic E-state index is 0.413. The van der Waals surface area contributed by atoms with Crippen LogP contribution in [0.2, 0.25) is 10.0 Å². The van der Waals surface area contributed by atoms with Crippen molar-refractivity contribution >= 4 is 23.2 Å². The molecule has 0 radical (unpaired) electrons. The Kier molecular flexibility index (Phi) is 4.77. The summed E-state index contributed by atoms with van der Waals surface area (Å²) in [7, 11) is 0. The predicted molar refractivity (Wildman–Crippen MR) is 77.9 cm³/mol. The highest BCUT2D eigenvalue weighted by atomic mass is 35.5. The van der Waals surface area contributed by atoms with Gasteiger partial charge in [-0.1, -0.05) is 47.5 Å². The lowest BCUT2D eigenvalue weighted by Gasteiger charge is -2.15. The van der Waals surface area contributed by atoms with E-state index in [4.69, 9.17) is 23.2 Å². The largest absolute Gasteiger partial charge is 0.252 e. The molecule has 0 aromatic heterocycles. The summed E-state index contributed by atoms with van der Waals surface area (Å²) >= 11 is 11.8. The molecular weight excluding hydrogens is 283 g/mol. The summed E-state index contributed by atoms with van der Waals surface area (Å²) in [4.78, 5) is 10.9. The van der Waals surface area contributed by atoms with Crippen molar-refractivity contribution in [3.05, 3.63) is 74.6 Å². The number of benzene rings is 2. The van der Waals surface area contributed by atoms with E-state index in [1.165, 1.54) is 5.01 Å². The van der Waals surface area contributed by atoms with Crippen LogP contribution in [0.1, 0.15) is 11.1 Å². The van der Waals surface area contributed by atoms with Crippen LogP contribution in [0.4, 0.5) is 0 Å². The second-order valence-electron chi connectivity index (χ2n) is 4.16. The maximum absolute atomic E-state index is 10.9. The monoisotopic (exact) mass is 294 g/mol. The average Bonchev–Trinajstić information content (AvgIpc) is 2.38. The van der Waals surface area contributed by atoms with Gasteiger partial charge in [-0.05, 0) is 35.4 Å². The molecule has 0 heterocycles. The normalized spacial score (nSPS) is 10.2. The number of nitroso groups, excluding NO2 is 1. The zero-order chi connectivity index (χ0) is 13.7. The molecule has 0 aliphatic rings. The smallest absolute Gasteiger partial charge is 0.0647 e. The second-order valence-corrected chi connectivity index (χ2v) is 5.04. The van der Waals surface area contributed by atoms with Gasteiger partial charge in [-0.25, -0.2) is 0 Å². The highest BCUT2D eigenvalue weighted by molar-refractivity contribution is 6.30. The highest BCUT2D eigenvalue weighted by Gasteiger charge is 2.06. The fourth-order valence-corrected chi connectivity index (χ4v) is 2.23. The molecule has 0 unspecified atom stereocenters. The van der Waals surface area contributed by atoms with Gasteiger partial charge in [0.1, 0.15) is 0 Å². The highest BCUT2D eigenvalue weighted by Crippen LogP contribution is 2.16. The van der Waals surface area contributed by atoms with Gasteiger partial charge < -0.3 is 0 Å². The SMILES string of the molecule is O=NN(Cc1cccc(Cl)c1)Cc1cccc(Cl)c1. The van der Waals surface area contributed by atoms with E-state index in [1.807, 2.05) is 36.4 Å². The quantitative estimate of drug-likeness (QED) is 0.592. The van der Waals surface area contributed by atoms with Crippen LogP contribution < -0.4 is 0 Å². The van der Waals surface area contributed by atoms with Crippen LogP contribution >= 0.6 is 23.2 Å². The number of hydrogen-bond donors (Lipinski definition) is 0. The molecule has 3 nitrogen and oxygen atoms in total. The van der Waals surface area contributed by atoms with E-state index in [9.17, 15) is 4.91 Å². The number of hydrogen-bond acceptors (Lipinski definition) is 2. The Hall–Kier alpha value is -1.58.